The minimum absolute atomic E-state index is 0.0901. The molecule has 1 heterocycles. The molecule has 4 atom stereocenters. The van der Waals surface area contributed by atoms with Crippen LogP contribution in [0.15, 0.2) is 91.1 Å². The number of carboxylic acid groups (broad SMARTS) is 1. The highest BCUT2D eigenvalue weighted by Gasteiger charge is 2.29. The lowest BCUT2D eigenvalue weighted by Gasteiger charge is -2.24. The SMILES string of the molecule is C[C@@H](NC(=O)CNC(=O)[C@@H](Cc1ccccc1)NC(=O)[C@@H](Cc1c[nH]c2ccccc12)NC(=O)[C@H](N)Cc1ccccc1)C(=O)O. The van der Waals surface area contributed by atoms with Crippen LogP contribution in [-0.4, -0.2) is 70.4 Å². The fourth-order valence-corrected chi connectivity index (χ4v) is 4.95. The molecule has 0 bridgehead atoms. The van der Waals surface area contributed by atoms with E-state index in [4.69, 9.17) is 10.8 Å². The number of aromatic amines is 1. The molecule has 46 heavy (non-hydrogen) atoms. The number of benzene rings is 3. The summed E-state index contributed by atoms with van der Waals surface area (Å²) < 4.78 is 0. The molecule has 8 N–H and O–H groups in total. The molecule has 0 saturated heterocycles. The standard InChI is InChI=1S/C34H38N6O6/c1-21(34(45)46)38-30(41)20-37-32(43)28(17-23-12-6-3-7-13-23)40-33(44)29(18-24-19-36-27-15-9-8-14-25(24)27)39-31(42)26(35)16-22-10-4-2-5-11-22/h2-15,19,21,26,28-29,36H,16-18,20,35H2,1H3,(H,37,43)(H,38,41)(H,39,42)(H,40,44)(H,45,46)/t21-,26-,28-,29-/m1/s1. The molecule has 0 aliphatic carbocycles. The molecule has 1 aromatic heterocycles. The second kappa shape index (κ2) is 16.0. The molecule has 12 nitrogen and oxygen atoms in total. The number of amides is 4. The first-order chi connectivity index (χ1) is 22.1. The van der Waals surface area contributed by atoms with Gasteiger partial charge in [0.2, 0.25) is 23.6 Å². The van der Waals surface area contributed by atoms with Gasteiger partial charge in [0.15, 0.2) is 0 Å². The normalized spacial score (nSPS) is 13.5. The maximum atomic E-state index is 13.9. The zero-order chi connectivity index (χ0) is 33.1. The van der Waals surface area contributed by atoms with Gasteiger partial charge in [-0.3, -0.25) is 24.0 Å². The van der Waals surface area contributed by atoms with Crippen LogP contribution in [-0.2, 0) is 43.2 Å². The zero-order valence-corrected chi connectivity index (χ0v) is 25.4. The first-order valence-corrected chi connectivity index (χ1v) is 14.9. The van der Waals surface area contributed by atoms with E-state index in [1.165, 1.54) is 6.92 Å². The molecule has 3 aromatic carbocycles. The number of aliphatic carboxylic acids is 1. The van der Waals surface area contributed by atoms with Gasteiger partial charge >= 0.3 is 5.97 Å². The molecule has 0 fully saturated rings. The van der Waals surface area contributed by atoms with Crippen molar-refractivity contribution < 1.29 is 29.1 Å². The molecular formula is C34H38N6O6. The lowest BCUT2D eigenvalue weighted by molar-refractivity contribution is -0.141. The quantitative estimate of drug-likeness (QED) is 0.103. The second-order valence-corrected chi connectivity index (χ2v) is 11.0. The van der Waals surface area contributed by atoms with Gasteiger partial charge in [0.25, 0.3) is 0 Å². The second-order valence-electron chi connectivity index (χ2n) is 11.0. The predicted molar refractivity (Wildman–Crippen MR) is 172 cm³/mol. The molecule has 4 rings (SSSR count). The van der Waals surface area contributed by atoms with Crippen LogP contribution in [0, 0.1) is 0 Å². The van der Waals surface area contributed by atoms with E-state index in [0.29, 0.717) is 0 Å². The fourth-order valence-electron chi connectivity index (χ4n) is 4.95. The van der Waals surface area contributed by atoms with E-state index in [0.717, 1.165) is 27.6 Å². The molecule has 12 heteroatoms. The Morgan fingerprint density at radius 3 is 1.93 bits per heavy atom. The van der Waals surface area contributed by atoms with Crippen molar-refractivity contribution in [2.75, 3.05) is 6.54 Å². The van der Waals surface area contributed by atoms with Crippen LogP contribution in [0.1, 0.15) is 23.6 Å². The van der Waals surface area contributed by atoms with Gasteiger partial charge < -0.3 is 37.1 Å². The highest BCUT2D eigenvalue weighted by Crippen LogP contribution is 2.19. The molecule has 4 amide bonds. The average molecular weight is 627 g/mol. The minimum Gasteiger partial charge on any atom is -0.480 e. The summed E-state index contributed by atoms with van der Waals surface area (Å²) in [6.07, 6.45) is 2.23. The van der Waals surface area contributed by atoms with Gasteiger partial charge in [-0.2, -0.15) is 0 Å². The van der Waals surface area contributed by atoms with Gasteiger partial charge in [-0.25, -0.2) is 0 Å². The van der Waals surface area contributed by atoms with E-state index >= 15 is 0 Å². The number of carbonyl (C=O) groups excluding carboxylic acids is 4. The Morgan fingerprint density at radius 1 is 0.717 bits per heavy atom. The van der Waals surface area contributed by atoms with Crippen LogP contribution < -0.4 is 27.0 Å². The molecule has 240 valence electrons. The van der Waals surface area contributed by atoms with Gasteiger partial charge in [-0.05, 0) is 36.1 Å². The number of fused-ring (bicyclic) bond motifs is 1. The first-order valence-electron chi connectivity index (χ1n) is 14.9. The number of nitrogens with two attached hydrogens (primary N) is 1. The van der Waals surface area contributed by atoms with Gasteiger partial charge in [-0.15, -0.1) is 0 Å². The molecule has 0 aliphatic rings. The lowest BCUT2D eigenvalue weighted by atomic mass is 10.0. The van der Waals surface area contributed by atoms with Crippen molar-refractivity contribution in [3.05, 3.63) is 108 Å². The monoisotopic (exact) mass is 626 g/mol. The van der Waals surface area contributed by atoms with E-state index in [-0.39, 0.29) is 19.3 Å². The third kappa shape index (κ3) is 9.50. The van der Waals surface area contributed by atoms with Gasteiger partial charge in [0.05, 0.1) is 12.6 Å². The Hall–Kier alpha value is -5.49. The summed E-state index contributed by atoms with van der Waals surface area (Å²) in [6, 6.07) is 21.5. The summed E-state index contributed by atoms with van der Waals surface area (Å²) in [7, 11) is 0. The van der Waals surface area contributed by atoms with Crippen LogP contribution in [0.5, 0.6) is 0 Å². The molecule has 0 spiro atoms. The number of H-pyrrole nitrogens is 1. The molecule has 4 aromatic rings. The van der Waals surface area contributed by atoms with E-state index in [9.17, 15) is 24.0 Å². The summed E-state index contributed by atoms with van der Waals surface area (Å²) in [5.74, 6) is -3.73. The number of nitrogens with one attached hydrogen (secondary N) is 5. The molecular weight excluding hydrogens is 588 g/mol. The van der Waals surface area contributed by atoms with E-state index in [2.05, 4.69) is 26.3 Å². The highest BCUT2D eigenvalue weighted by molar-refractivity contribution is 5.95. The van der Waals surface area contributed by atoms with Crippen molar-refractivity contribution in [1.29, 1.82) is 0 Å². The first kappa shape index (κ1) is 33.4. The smallest absolute Gasteiger partial charge is 0.325 e. The highest BCUT2D eigenvalue weighted by atomic mass is 16.4. The third-order valence-corrected chi connectivity index (χ3v) is 7.45. The Labute approximate surface area is 266 Å². The lowest BCUT2D eigenvalue weighted by Crippen LogP contribution is -2.57. The summed E-state index contributed by atoms with van der Waals surface area (Å²) in [4.78, 5) is 67.0. The summed E-state index contributed by atoms with van der Waals surface area (Å²) >= 11 is 0. The largest absolute Gasteiger partial charge is 0.480 e. The Morgan fingerprint density at radius 2 is 1.28 bits per heavy atom. The van der Waals surface area contributed by atoms with E-state index in [1.54, 1.807) is 30.5 Å². The van der Waals surface area contributed by atoms with Crippen LogP contribution in [0.3, 0.4) is 0 Å². The number of carboxylic acids is 1. The van der Waals surface area contributed by atoms with Crippen LogP contribution in [0.2, 0.25) is 0 Å². The summed E-state index contributed by atoms with van der Waals surface area (Å²) in [6.45, 7) is 0.801. The zero-order valence-electron chi connectivity index (χ0n) is 25.4. The van der Waals surface area contributed by atoms with Gasteiger partial charge in [0.1, 0.15) is 18.1 Å². The average Bonchev–Trinajstić information content (AvgIpc) is 3.46. The maximum absolute atomic E-state index is 13.9. The molecule has 0 saturated carbocycles. The van der Waals surface area contributed by atoms with Crippen molar-refractivity contribution in [3.8, 4) is 0 Å². The van der Waals surface area contributed by atoms with E-state index < -0.39 is 60.3 Å². The number of carbonyl (C=O) groups is 5. The maximum Gasteiger partial charge on any atom is 0.325 e. The summed E-state index contributed by atoms with van der Waals surface area (Å²) in [5.41, 5.74) is 9.50. The summed E-state index contributed by atoms with van der Waals surface area (Å²) in [5, 5.41) is 20.2. The topological polar surface area (TPSA) is 196 Å². The molecule has 0 aliphatic heterocycles. The van der Waals surface area contributed by atoms with Gasteiger partial charge in [-0.1, -0.05) is 78.9 Å². The van der Waals surface area contributed by atoms with Crippen molar-refractivity contribution >= 4 is 40.5 Å². The Balaban J connectivity index is 1.53. The molecule has 0 unspecified atom stereocenters. The Kier molecular flexibility index (Phi) is 11.6. The van der Waals surface area contributed by atoms with Crippen molar-refractivity contribution in [3.63, 3.8) is 0 Å². The van der Waals surface area contributed by atoms with Crippen LogP contribution in [0.4, 0.5) is 0 Å². The van der Waals surface area contributed by atoms with Crippen molar-refractivity contribution in [2.45, 2.75) is 50.4 Å². The predicted octanol–water partition coefficient (Wildman–Crippen LogP) is 1.20. The number of para-hydroxylation sites is 1. The third-order valence-electron chi connectivity index (χ3n) is 7.45. The van der Waals surface area contributed by atoms with Gasteiger partial charge in [0, 0.05) is 29.9 Å². The number of hydrogen-bond donors (Lipinski definition) is 7. The van der Waals surface area contributed by atoms with E-state index in [1.807, 2.05) is 60.7 Å². The molecule has 0 radical (unpaired) electrons. The minimum atomic E-state index is -1.22. The number of aromatic nitrogens is 1. The number of rotatable bonds is 15. The number of hydrogen-bond acceptors (Lipinski definition) is 6. The van der Waals surface area contributed by atoms with Crippen molar-refractivity contribution in [1.82, 2.24) is 26.3 Å². The van der Waals surface area contributed by atoms with Crippen LogP contribution >= 0.6 is 0 Å². The van der Waals surface area contributed by atoms with Crippen LogP contribution in [0.25, 0.3) is 10.9 Å². The Bertz CT molecular complexity index is 1660. The fraction of sp³-hybridized carbons (Fsp3) is 0.265. The van der Waals surface area contributed by atoms with Crippen molar-refractivity contribution in [2.24, 2.45) is 5.73 Å².